The molecule has 0 aliphatic carbocycles. The third kappa shape index (κ3) is 5.00. The van der Waals surface area contributed by atoms with E-state index in [0.29, 0.717) is 16.0 Å². The van der Waals surface area contributed by atoms with Crippen molar-refractivity contribution in [2.24, 2.45) is 0 Å². The number of nitrogens with one attached hydrogen (secondary N) is 1. The zero-order chi connectivity index (χ0) is 21.7. The Morgan fingerprint density at radius 3 is 2.41 bits per heavy atom. The first-order valence-electron chi connectivity index (χ1n) is 8.74. The molecule has 0 unspecified atom stereocenters. The minimum Gasteiger partial charge on any atom is -0.507 e. The topological polar surface area (TPSA) is 119 Å². The summed E-state index contributed by atoms with van der Waals surface area (Å²) in [5.41, 5.74) is 0.945. The molecular formula is C20H21NO7S. The van der Waals surface area contributed by atoms with Gasteiger partial charge < -0.3 is 19.9 Å². The van der Waals surface area contributed by atoms with Crippen molar-refractivity contribution in [2.75, 3.05) is 18.5 Å². The van der Waals surface area contributed by atoms with Gasteiger partial charge in [-0.25, -0.2) is 9.59 Å². The Labute approximate surface area is 171 Å². The van der Waals surface area contributed by atoms with Crippen LogP contribution in [0.3, 0.4) is 0 Å². The monoisotopic (exact) mass is 419 g/mol. The lowest BCUT2D eigenvalue weighted by molar-refractivity contribution is -0.119. The van der Waals surface area contributed by atoms with Crippen molar-refractivity contribution >= 4 is 40.0 Å². The van der Waals surface area contributed by atoms with E-state index in [9.17, 15) is 24.3 Å². The SMILES string of the molecule is CCOC(=O)c1c(NC(=O)COC(=O)c2cccc(C)c2O)sc(C(C)=O)c1C. The van der Waals surface area contributed by atoms with Gasteiger partial charge in [-0.15, -0.1) is 11.3 Å². The number of ketones is 1. The molecule has 2 rings (SSSR count). The second-order valence-corrected chi connectivity index (χ2v) is 7.15. The molecule has 0 aliphatic rings. The number of amides is 1. The van der Waals surface area contributed by atoms with E-state index in [4.69, 9.17) is 9.47 Å². The number of ether oxygens (including phenoxy) is 2. The maximum Gasteiger partial charge on any atom is 0.342 e. The number of rotatable bonds is 7. The molecule has 154 valence electrons. The number of phenols is 1. The van der Waals surface area contributed by atoms with Gasteiger partial charge in [0.05, 0.1) is 17.0 Å². The summed E-state index contributed by atoms with van der Waals surface area (Å²) in [5, 5.41) is 12.5. The van der Waals surface area contributed by atoms with E-state index < -0.39 is 24.5 Å². The third-order valence-electron chi connectivity index (χ3n) is 3.99. The summed E-state index contributed by atoms with van der Waals surface area (Å²) in [6.07, 6.45) is 0. The molecule has 1 aromatic carbocycles. The van der Waals surface area contributed by atoms with E-state index in [1.165, 1.54) is 13.0 Å². The zero-order valence-corrected chi connectivity index (χ0v) is 17.3. The minimum absolute atomic E-state index is 0.0594. The van der Waals surface area contributed by atoms with Crippen LogP contribution in [0.5, 0.6) is 5.75 Å². The van der Waals surface area contributed by atoms with Gasteiger partial charge in [0.2, 0.25) is 0 Å². The van der Waals surface area contributed by atoms with Crippen LogP contribution in [0.1, 0.15) is 55.4 Å². The quantitative estimate of drug-likeness (QED) is 0.522. The summed E-state index contributed by atoms with van der Waals surface area (Å²) < 4.78 is 9.94. The molecule has 0 spiro atoms. The molecule has 2 aromatic rings. The Balaban J connectivity index is 2.15. The summed E-state index contributed by atoms with van der Waals surface area (Å²) in [6, 6.07) is 4.58. The van der Waals surface area contributed by atoms with Crippen molar-refractivity contribution in [1.82, 2.24) is 0 Å². The first-order chi connectivity index (χ1) is 13.7. The Morgan fingerprint density at radius 1 is 1.10 bits per heavy atom. The van der Waals surface area contributed by atoms with Crippen LogP contribution >= 0.6 is 11.3 Å². The highest BCUT2D eigenvalue weighted by atomic mass is 32.1. The van der Waals surface area contributed by atoms with E-state index in [2.05, 4.69) is 5.32 Å². The van der Waals surface area contributed by atoms with Gasteiger partial charge in [0.15, 0.2) is 12.4 Å². The average molecular weight is 419 g/mol. The Kier molecular flexibility index (Phi) is 7.11. The van der Waals surface area contributed by atoms with Gasteiger partial charge in [-0.1, -0.05) is 12.1 Å². The standard InChI is InChI=1S/C20H21NO7S/c1-5-27-20(26)15-11(3)17(12(4)22)29-18(15)21-14(23)9-28-19(25)13-8-6-7-10(2)16(13)24/h6-8,24H,5,9H2,1-4H3,(H,21,23). The van der Waals surface area contributed by atoms with Crippen LogP contribution in [0, 0.1) is 13.8 Å². The van der Waals surface area contributed by atoms with Crippen LogP contribution in [-0.2, 0) is 14.3 Å². The number of carbonyl (C=O) groups excluding carboxylic acids is 4. The summed E-state index contributed by atoms with van der Waals surface area (Å²) in [5.74, 6) is -2.70. The number of benzene rings is 1. The summed E-state index contributed by atoms with van der Waals surface area (Å²) in [4.78, 5) is 48.7. The highest BCUT2D eigenvalue weighted by Gasteiger charge is 2.25. The van der Waals surface area contributed by atoms with Gasteiger partial charge in [0.25, 0.3) is 5.91 Å². The van der Waals surface area contributed by atoms with E-state index in [-0.39, 0.29) is 34.3 Å². The van der Waals surface area contributed by atoms with Crippen LogP contribution in [0.2, 0.25) is 0 Å². The molecular weight excluding hydrogens is 398 g/mol. The molecule has 9 heteroatoms. The number of anilines is 1. The third-order valence-corrected chi connectivity index (χ3v) is 5.30. The maximum atomic E-state index is 12.2. The molecule has 0 atom stereocenters. The summed E-state index contributed by atoms with van der Waals surface area (Å²) >= 11 is 0.949. The lowest BCUT2D eigenvalue weighted by Crippen LogP contribution is -2.22. The molecule has 0 saturated heterocycles. The van der Waals surface area contributed by atoms with Crippen LogP contribution in [0.4, 0.5) is 5.00 Å². The molecule has 8 nitrogen and oxygen atoms in total. The zero-order valence-electron chi connectivity index (χ0n) is 16.5. The number of thiophene rings is 1. The number of hydrogen-bond donors (Lipinski definition) is 2. The van der Waals surface area contributed by atoms with Crippen LogP contribution in [-0.4, -0.2) is 41.9 Å². The fraction of sp³-hybridized carbons (Fsp3) is 0.300. The highest BCUT2D eigenvalue weighted by molar-refractivity contribution is 7.18. The second kappa shape index (κ2) is 9.33. The van der Waals surface area contributed by atoms with Crippen LogP contribution in [0.25, 0.3) is 0 Å². The maximum absolute atomic E-state index is 12.2. The number of phenolic OH excluding ortho intramolecular Hbond substituents is 1. The molecule has 2 N–H and O–H groups in total. The number of aromatic hydroxyl groups is 1. The van der Waals surface area contributed by atoms with Crippen LogP contribution in [0.15, 0.2) is 18.2 Å². The van der Waals surface area contributed by atoms with Gasteiger partial charge in [-0.2, -0.15) is 0 Å². The van der Waals surface area contributed by atoms with E-state index in [1.54, 1.807) is 32.9 Å². The second-order valence-electron chi connectivity index (χ2n) is 6.13. The fourth-order valence-electron chi connectivity index (χ4n) is 2.58. The normalized spacial score (nSPS) is 10.3. The van der Waals surface area contributed by atoms with Crippen molar-refractivity contribution in [2.45, 2.75) is 27.7 Å². The molecule has 1 amide bonds. The van der Waals surface area contributed by atoms with Crippen molar-refractivity contribution in [3.05, 3.63) is 45.3 Å². The lowest BCUT2D eigenvalue weighted by Gasteiger charge is -2.09. The average Bonchev–Trinajstić information content (AvgIpc) is 2.98. The number of hydrogen-bond acceptors (Lipinski definition) is 8. The molecule has 29 heavy (non-hydrogen) atoms. The van der Waals surface area contributed by atoms with Crippen LogP contribution < -0.4 is 5.32 Å². The lowest BCUT2D eigenvalue weighted by atomic mass is 10.1. The molecule has 1 aromatic heterocycles. The molecule has 0 bridgehead atoms. The summed E-state index contributed by atoms with van der Waals surface area (Å²) in [6.45, 7) is 5.71. The van der Waals surface area contributed by atoms with Crippen molar-refractivity contribution < 1.29 is 33.8 Å². The molecule has 0 fully saturated rings. The first kappa shape index (κ1) is 22.1. The number of carbonyl (C=O) groups is 4. The predicted molar refractivity (Wildman–Crippen MR) is 107 cm³/mol. The van der Waals surface area contributed by atoms with Gasteiger partial charge >= 0.3 is 11.9 Å². The van der Waals surface area contributed by atoms with E-state index in [0.717, 1.165) is 11.3 Å². The summed E-state index contributed by atoms with van der Waals surface area (Å²) in [7, 11) is 0. The van der Waals surface area contributed by atoms with Gasteiger partial charge in [-0.05, 0) is 44.9 Å². The molecule has 1 heterocycles. The smallest absolute Gasteiger partial charge is 0.342 e. The Hall–Kier alpha value is -3.20. The Bertz CT molecular complexity index is 977. The first-order valence-corrected chi connectivity index (χ1v) is 9.56. The number of esters is 2. The van der Waals surface area contributed by atoms with Gasteiger partial charge in [0, 0.05) is 0 Å². The fourth-order valence-corrected chi connectivity index (χ4v) is 3.69. The van der Waals surface area contributed by atoms with E-state index >= 15 is 0 Å². The molecule has 0 radical (unpaired) electrons. The number of aryl methyl sites for hydroxylation is 1. The minimum atomic E-state index is -0.862. The van der Waals surface area contributed by atoms with Gasteiger partial charge in [0.1, 0.15) is 16.3 Å². The van der Waals surface area contributed by atoms with Crippen molar-refractivity contribution in [1.29, 1.82) is 0 Å². The van der Waals surface area contributed by atoms with Gasteiger partial charge in [-0.3, -0.25) is 9.59 Å². The van der Waals surface area contributed by atoms with E-state index in [1.807, 2.05) is 0 Å². The van der Waals surface area contributed by atoms with Crippen molar-refractivity contribution in [3.63, 3.8) is 0 Å². The largest absolute Gasteiger partial charge is 0.507 e. The predicted octanol–water partition coefficient (Wildman–Crippen LogP) is 3.25. The highest BCUT2D eigenvalue weighted by Crippen LogP contribution is 2.34. The number of para-hydroxylation sites is 1. The molecule has 0 aliphatic heterocycles. The molecule has 0 saturated carbocycles. The number of Topliss-reactive ketones (excluding diaryl/α,β-unsaturated/α-hetero) is 1. The van der Waals surface area contributed by atoms with Crippen molar-refractivity contribution in [3.8, 4) is 5.75 Å². The Morgan fingerprint density at radius 2 is 1.79 bits per heavy atom.